The lowest BCUT2D eigenvalue weighted by atomic mass is 9.87. The van der Waals surface area contributed by atoms with Gasteiger partial charge in [0.25, 0.3) is 11.8 Å². The van der Waals surface area contributed by atoms with Crippen LogP contribution in [-0.4, -0.2) is 101 Å². The van der Waals surface area contributed by atoms with Crippen molar-refractivity contribution in [2.45, 2.75) is 86.8 Å². The summed E-state index contributed by atoms with van der Waals surface area (Å²) >= 11 is 1.86. The Balaban J connectivity index is 1.05. The topological polar surface area (TPSA) is 256 Å². The van der Waals surface area contributed by atoms with Gasteiger partial charge in [0.15, 0.2) is 0 Å². The van der Waals surface area contributed by atoms with E-state index in [-0.39, 0.29) is 79.9 Å². The highest BCUT2D eigenvalue weighted by Gasteiger charge is 2.42. The van der Waals surface area contributed by atoms with Crippen LogP contribution >= 0.6 is 11.8 Å². The van der Waals surface area contributed by atoms with Crippen molar-refractivity contribution >= 4 is 47.3 Å². The number of ether oxygens (including phenoxy) is 1. The molecule has 1 aromatic rings. The highest BCUT2D eigenvalue weighted by atomic mass is 32.2. The number of benzene rings is 1. The lowest BCUT2D eigenvalue weighted by Crippen LogP contribution is -2.48. The number of phenols is 1. The fraction of sp³-hybridized carbons (Fsp3) is 0.594. The maximum Gasteiger partial charge on any atom is 0.407 e. The molecule has 4 rings (SSSR count). The third-order valence-electron chi connectivity index (χ3n) is 8.71. The van der Waals surface area contributed by atoms with Gasteiger partial charge in [0.2, 0.25) is 5.91 Å². The van der Waals surface area contributed by atoms with Crippen molar-refractivity contribution in [1.29, 1.82) is 0 Å². The average Bonchev–Trinajstić information content (AvgIpc) is 3.63. The minimum Gasteiger partial charge on any atom is -0.507 e. The number of nitrogens with zero attached hydrogens (tertiary/aromatic N) is 3. The molecule has 1 aliphatic carbocycles. The number of nitrogens with one attached hydrogen (secondary N) is 6. The van der Waals surface area contributed by atoms with Crippen molar-refractivity contribution in [3.63, 3.8) is 0 Å². The van der Waals surface area contributed by atoms with Gasteiger partial charge < -0.3 is 46.9 Å². The minimum atomic E-state index is -1.64. The molecule has 8 N–H and O–H groups in total. The Morgan fingerprint density at radius 3 is 2.64 bits per heavy atom. The zero-order chi connectivity index (χ0) is 35.9. The normalized spacial score (nSPS) is 24.5. The molecular formula is C32H45N9O8S. The Hall–Kier alpha value is -4.67. The van der Waals surface area contributed by atoms with Crippen LogP contribution in [0.5, 0.6) is 5.75 Å². The third kappa shape index (κ3) is 11.5. The number of thioether (sulfide) groups is 1. The molecule has 2 aliphatic heterocycles. The molecule has 0 bridgehead atoms. The number of aliphatic hydroxyl groups is 1. The van der Waals surface area contributed by atoms with Crippen molar-refractivity contribution in [1.82, 2.24) is 31.9 Å². The van der Waals surface area contributed by atoms with E-state index in [1.807, 2.05) is 11.8 Å². The first-order valence-corrected chi connectivity index (χ1v) is 17.9. The second-order valence-corrected chi connectivity index (χ2v) is 13.7. The number of azide groups is 1. The molecule has 2 heterocycles. The fourth-order valence-corrected chi connectivity index (χ4v) is 7.53. The second-order valence-electron chi connectivity index (χ2n) is 12.4. The van der Waals surface area contributed by atoms with Crippen molar-refractivity contribution in [3.8, 4) is 5.75 Å². The number of rotatable bonds is 16. The molecule has 0 spiro atoms. The van der Waals surface area contributed by atoms with E-state index in [2.05, 4.69) is 41.9 Å². The fourth-order valence-electron chi connectivity index (χ4n) is 5.98. The van der Waals surface area contributed by atoms with Gasteiger partial charge >= 0.3 is 12.1 Å². The van der Waals surface area contributed by atoms with Gasteiger partial charge in [-0.25, -0.2) is 9.59 Å². The molecule has 6 amide bonds. The van der Waals surface area contributed by atoms with E-state index < -0.39 is 29.6 Å². The molecular weight excluding hydrogens is 670 g/mol. The summed E-state index contributed by atoms with van der Waals surface area (Å²) in [6.45, 7) is 0.740. The number of carbonyl (C=O) groups is 5. The summed E-state index contributed by atoms with van der Waals surface area (Å²) in [6, 6.07) is 4.11. The van der Waals surface area contributed by atoms with Crippen LogP contribution < -0.4 is 31.9 Å². The van der Waals surface area contributed by atoms with Gasteiger partial charge in [-0.2, -0.15) is 11.8 Å². The van der Waals surface area contributed by atoms with E-state index in [1.54, 1.807) is 12.2 Å². The Labute approximate surface area is 293 Å². The number of hydrogen-bond donors (Lipinski definition) is 8. The first-order valence-electron chi connectivity index (χ1n) is 16.8. The molecule has 0 radical (unpaired) electrons. The summed E-state index contributed by atoms with van der Waals surface area (Å²) in [5.41, 5.74) is 6.96. The lowest BCUT2D eigenvalue weighted by Gasteiger charge is -2.29. The first kappa shape index (κ1) is 38.1. The molecule has 3 unspecified atom stereocenters. The van der Waals surface area contributed by atoms with E-state index in [0.717, 1.165) is 31.1 Å². The van der Waals surface area contributed by atoms with Gasteiger partial charge in [-0.3, -0.25) is 14.4 Å². The summed E-state index contributed by atoms with van der Waals surface area (Å²) in [5.74, 6) is -0.602. The molecule has 0 aromatic heterocycles. The number of urea groups is 1. The standard InChI is InChI=1S/C32H45N9O8S/c33-41-40-20-9-10-22(24(42)18-20)28(44)35-16-17-37-31(47)49-21-6-3-4-12-32(48,13-11-21)29(45)36-15-5-14-34-26(43)8-2-1-7-25-27-23(19-50-25)38-30(46)39-27/h3,6,9-10,18,21,23,25,27,42,48H,1-2,4-5,7-8,11-17,19H2,(H,34,43)(H,35,44)(H,36,45)(H,37,47)(H2,38,39,46)/b6-3+/t21-,23?,25?,27?,32-/m0/s1. The quantitative estimate of drug-likeness (QED) is 0.0312. The number of hydrogen-bond acceptors (Lipinski definition) is 10. The molecule has 0 saturated carbocycles. The Morgan fingerprint density at radius 2 is 1.84 bits per heavy atom. The maximum atomic E-state index is 12.9. The number of unbranched alkanes of at least 4 members (excludes halogenated alkanes) is 1. The van der Waals surface area contributed by atoms with Crippen molar-refractivity contribution in [2.24, 2.45) is 5.11 Å². The average molecular weight is 716 g/mol. The van der Waals surface area contributed by atoms with Crippen molar-refractivity contribution < 1.29 is 38.9 Å². The monoisotopic (exact) mass is 715 g/mol. The summed E-state index contributed by atoms with van der Waals surface area (Å²) in [7, 11) is 0. The van der Waals surface area contributed by atoms with E-state index in [9.17, 15) is 34.2 Å². The molecule has 5 atom stereocenters. The van der Waals surface area contributed by atoms with Crippen LogP contribution in [0.3, 0.4) is 0 Å². The highest BCUT2D eigenvalue weighted by molar-refractivity contribution is 8.00. The second kappa shape index (κ2) is 18.9. The lowest BCUT2D eigenvalue weighted by molar-refractivity contribution is -0.141. The molecule has 1 aromatic carbocycles. The van der Waals surface area contributed by atoms with Gasteiger partial charge in [0.05, 0.1) is 17.6 Å². The number of aromatic hydroxyl groups is 1. The number of allylic oxidation sites excluding steroid dienone is 1. The van der Waals surface area contributed by atoms with Crippen LogP contribution in [0.4, 0.5) is 15.3 Å². The Bertz CT molecular complexity index is 1470. The zero-order valence-corrected chi connectivity index (χ0v) is 28.5. The molecule has 2 fully saturated rings. The molecule has 50 heavy (non-hydrogen) atoms. The molecule has 272 valence electrons. The van der Waals surface area contributed by atoms with Crippen molar-refractivity contribution in [3.05, 3.63) is 46.4 Å². The minimum absolute atomic E-state index is 0.0253. The van der Waals surface area contributed by atoms with Crippen LogP contribution in [0.25, 0.3) is 10.4 Å². The molecule has 2 saturated heterocycles. The van der Waals surface area contributed by atoms with Crippen LogP contribution in [-0.2, 0) is 14.3 Å². The number of alkyl carbamates (subject to hydrolysis) is 1. The van der Waals surface area contributed by atoms with Crippen LogP contribution in [0.2, 0.25) is 0 Å². The van der Waals surface area contributed by atoms with Gasteiger partial charge in [0.1, 0.15) is 17.5 Å². The SMILES string of the molecule is [N-]=[N+]=Nc1ccc(C(=O)NCCNC(=O)O[C@H]2/C=C/CC[C@@](O)(C(=O)NCCCNC(=O)CCCCC3SCC4NC(=O)NC43)CC2)c(O)c1. The first-order chi connectivity index (χ1) is 24.1. The zero-order valence-electron chi connectivity index (χ0n) is 27.7. The van der Waals surface area contributed by atoms with Gasteiger partial charge in [0, 0.05) is 54.2 Å². The predicted octanol–water partition coefficient (Wildman–Crippen LogP) is 2.37. The largest absolute Gasteiger partial charge is 0.507 e. The van der Waals surface area contributed by atoms with E-state index >= 15 is 0 Å². The number of carbonyl (C=O) groups excluding carboxylic acids is 5. The van der Waals surface area contributed by atoms with Crippen LogP contribution in [0, 0.1) is 0 Å². The summed E-state index contributed by atoms with van der Waals surface area (Å²) < 4.78 is 5.43. The predicted molar refractivity (Wildman–Crippen MR) is 185 cm³/mol. The Morgan fingerprint density at radius 1 is 1.04 bits per heavy atom. The summed E-state index contributed by atoms with van der Waals surface area (Å²) in [4.78, 5) is 63.9. The summed E-state index contributed by atoms with van der Waals surface area (Å²) in [5, 5.41) is 41.4. The number of phenolic OH excluding ortho intramolecular Hbond substituents is 1. The van der Waals surface area contributed by atoms with Gasteiger partial charge in [-0.15, -0.1) is 0 Å². The smallest absolute Gasteiger partial charge is 0.407 e. The van der Waals surface area contributed by atoms with Crippen LogP contribution in [0.15, 0.2) is 35.5 Å². The third-order valence-corrected chi connectivity index (χ3v) is 10.2. The summed E-state index contributed by atoms with van der Waals surface area (Å²) in [6.07, 6.45) is 6.43. The molecule has 3 aliphatic rings. The van der Waals surface area contributed by atoms with Crippen molar-refractivity contribution in [2.75, 3.05) is 31.9 Å². The van der Waals surface area contributed by atoms with Gasteiger partial charge in [-0.05, 0) is 68.7 Å². The molecule has 17 nitrogen and oxygen atoms in total. The number of amides is 6. The van der Waals surface area contributed by atoms with E-state index in [4.69, 9.17) is 10.3 Å². The van der Waals surface area contributed by atoms with Crippen LogP contribution in [0.1, 0.15) is 68.1 Å². The van der Waals surface area contributed by atoms with E-state index in [0.29, 0.717) is 31.1 Å². The molecule has 18 heteroatoms. The highest BCUT2D eigenvalue weighted by Crippen LogP contribution is 2.33. The maximum absolute atomic E-state index is 12.9. The van der Waals surface area contributed by atoms with Gasteiger partial charge in [-0.1, -0.05) is 23.7 Å². The number of fused-ring (bicyclic) bond motifs is 1. The van der Waals surface area contributed by atoms with E-state index in [1.165, 1.54) is 12.1 Å². The Kier molecular flexibility index (Phi) is 14.4.